The van der Waals surface area contributed by atoms with Gasteiger partial charge in [-0.2, -0.15) is 0 Å². The van der Waals surface area contributed by atoms with Gasteiger partial charge >= 0.3 is 0 Å². The Bertz CT molecular complexity index is 539. The molecule has 0 spiro atoms. The van der Waals surface area contributed by atoms with Crippen molar-refractivity contribution in [3.63, 3.8) is 0 Å². The van der Waals surface area contributed by atoms with Gasteiger partial charge in [0.15, 0.2) is 0 Å². The van der Waals surface area contributed by atoms with Crippen LogP contribution in [0.4, 0.5) is 5.69 Å². The van der Waals surface area contributed by atoms with Gasteiger partial charge in [-0.05, 0) is 37.0 Å². The largest absolute Gasteiger partial charge is 0.383 e. The summed E-state index contributed by atoms with van der Waals surface area (Å²) >= 11 is 0. The normalized spacial score (nSPS) is 16.7. The van der Waals surface area contributed by atoms with Crippen molar-refractivity contribution in [2.45, 2.75) is 18.9 Å². The standard InChI is InChI=1S/C14H17N3O/c1-18-9-14(10-2-3-10)17-11-4-5-12-13(8-11)16-7-6-15-12/h4-8,10,14,17H,2-3,9H2,1H3. The van der Waals surface area contributed by atoms with E-state index in [1.165, 1.54) is 12.8 Å². The molecule has 1 aliphatic carbocycles. The van der Waals surface area contributed by atoms with Crippen LogP contribution in [0.25, 0.3) is 11.0 Å². The Hall–Kier alpha value is -1.68. The van der Waals surface area contributed by atoms with Crippen LogP contribution in [-0.2, 0) is 4.74 Å². The second-order valence-corrected chi connectivity index (χ2v) is 4.80. The molecule has 94 valence electrons. The fraction of sp³-hybridized carbons (Fsp3) is 0.429. The summed E-state index contributed by atoms with van der Waals surface area (Å²) in [5.74, 6) is 0.752. The third-order valence-corrected chi connectivity index (χ3v) is 3.36. The highest BCUT2D eigenvalue weighted by molar-refractivity contribution is 5.78. The molecule has 2 aromatic rings. The first kappa shape index (κ1) is 11.4. The number of aromatic nitrogens is 2. The zero-order valence-corrected chi connectivity index (χ0v) is 10.5. The van der Waals surface area contributed by atoms with E-state index in [2.05, 4.69) is 21.4 Å². The zero-order chi connectivity index (χ0) is 12.4. The van der Waals surface area contributed by atoms with Gasteiger partial charge in [0.25, 0.3) is 0 Å². The minimum absolute atomic E-state index is 0.407. The van der Waals surface area contributed by atoms with Crippen LogP contribution in [0.5, 0.6) is 0 Å². The second-order valence-electron chi connectivity index (χ2n) is 4.80. The average Bonchev–Trinajstić information content (AvgIpc) is 3.22. The van der Waals surface area contributed by atoms with E-state index < -0.39 is 0 Å². The summed E-state index contributed by atoms with van der Waals surface area (Å²) in [5.41, 5.74) is 2.95. The van der Waals surface area contributed by atoms with E-state index in [1.54, 1.807) is 19.5 Å². The maximum absolute atomic E-state index is 5.27. The fourth-order valence-corrected chi connectivity index (χ4v) is 2.24. The first-order valence-electron chi connectivity index (χ1n) is 6.33. The lowest BCUT2D eigenvalue weighted by Gasteiger charge is -2.18. The zero-order valence-electron chi connectivity index (χ0n) is 10.5. The van der Waals surface area contributed by atoms with E-state index in [0.29, 0.717) is 6.04 Å². The number of nitrogens with one attached hydrogen (secondary N) is 1. The van der Waals surface area contributed by atoms with Gasteiger partial charge in [-0.1, -0.05) is 0 Å². The Morgan fingerprint density at radius 2 is 2.06 bits per heavy atom. The molecule has 1 fully saturated rings. The third kappa shape index (κ3) is 2.43. The van der Waals surface area contributed by atoms with Crippen LogP contribution in [0.1, 0.15) is 12.8 Å². The number of nitrogens with zero attached hydrogens (tertiary/aromatic N) is 2. The van der Waals surface area contributed by atoms with E-state index in [1.807, 2.05) is 12.1 Å². The number of hydrogen-bond donors (Lipinski definition) is 1. The van der Waals surface area contributed by atoms with Crippen LogP contribution in [0, 0.1) is 5.92 Å². The molecule has 0 saturated heterocycles. The molecule has 4 heteroatoms. The molecule has 3 rings (SSSR count). The molecule has 1 aromatic carbocycles. The van der Waals surface area contributed by atoms with Gasteiger partial charge in [-0.3, -0.25) is 9.97 Å². The summed E-state index contributed by atoms with van der Waals surface area (Å²) in [7, 11) is 1.75. The quantitative estimate of drug-likeness (QED) is 0.876. The van der Waals surface area contributed by atoms with Crippen molar-refractivity contribution in [2.75, 3.05) is 19.0 Å². The van der Waals surface area contributed by atoms with Gasteiger partial charge in [-0.15, -0.1) is 0 Å². The summed E-state index contributed by atoms with van der Waals surface area (Å²) in [6.45, 7) is 0.753. The molecule has 1 atom stereocenters. The number of hydrogen-bond acceptors (Lipinski definition) is 4. The predicted octanol–water partition coefficient (Wildman–Crippen LogP) is 2.47. The molecule has 1 aliphatic rings. The van der Waals surface area contributed by atoms with Crippen molar-refractivity contribution < 1.29 is 4.74 Å². The van der Waals surface area contributed by atoms with Gasteiger partial charge in [-0.25, -0.2) is 0 Å². The first-order valence-corrected chi connectivity index (χ1v) is 6.33. The van der Waals surface area contributed by atoms with Crippen LogP contribution in [0.3, 0.4) is 0 Å². The third-order valence-electron chi connectivity index (χ3n) is 3.36. The molecule has 1 unspecified atom stereocenters. The molecule has 1 aromatic heterocycles. The van der Waals surface area contributed by atoms with Gasteiger partial charge in [0.2, 0.25) is 0 Å². The molecule has 0 aliphatic heterocycles. The van der Waals surface area contributed by atoms with E-state index in [0.717, 1.165) is 29.2 Å². The van der Waals surface area contributed by atoms with E-state index in [9.17, 15) is 0 Å². The number of anilines is 1. The van der Waals surface area contributed by atoms with Crippen LogP contribution < -0.4 is 5.32 Å². The number of fused-ring (bicyclic) bond motifs is 1. The Balaban J connectivity index is 1.80. The van der Waals surface area contributed by atoms with E-state index in [-0.39, 0.29) is 0 Å². The molecule has 18 heavy (non-hydrogen) atoms. The molecular formula is C14H17N3O. The smallest absolute Gasteiger partial charge is 0.0907 e. The number of methoxy groups -OCH3 is 1. The van der Waals surface area contributed by atoms with Gasteiger partial charge in [0.1, 0.15) is 0 Å². The summed E-state index contributed by atoms with van der Waals surface area (Å²) in [4.78, 5) is 8.59. The topological polar surface area (TPSA) is 47.0 Å². The molecule has 1 N–H and O–H groups in total. The summed E-state index contributed by atoms with van der Waals surface area (Å²) in [6, 6.07) is 6.51. The van der Waals surface area contributed by atoms with E-state index >= 15 is 0 Å². The van der Waals surface area contributed by atoms with Gasteiger partial charge in [0.05, 0.1) is 23.7 Å². The summed E-state index contributed by atoms with van der Waals surface area (Å²) in [6.07, 6.45) is 6.04. The highest BCUT2D eigenvalue weighted by atomic mass is 16.5. The Morgan fingerprint density at radius 1 is 1.28 bits per heavy atom. The highest BCUT2D eigenvalue weighted by Gasteiger charge is 2.31. The fourth-order valence-electron chi connectivity index (χ4n) is 2.24. The molecule has 1 saturated carbocycles. The number of rotatable bonds is 5. The Labute approximate surface area is 106 Å². The van der Waals surface area contributed by atoms with Gasteiger partial charge in [0, 0.05) is 25.2 Å². The molecule has 1 heterocycles. The lowest BCUT2D eigenvalue weighted by atomic mass is 10.1. The predicted molar refractivity (Wildman–Crippen MR) is 71.5 cm³/mol. The SMILES string of the molecule is COCC(Nc1ccc2nccnc2c1)C1CC1. The average molecular weight is 243 g/mol. The van der Waals surface area contributed by atoms with E-state index in [4.69, 9.17) is 4.74 Å². The second kappa shape index (κ2) is 4.90. The maximum Gasteiger partial charge on any atom is 0.0907 e. The Kier molecular flexibility index (Phi) is 3.11. The van der Waals surface area contributed by atoms with Crippen molar-refractivity contribution in [3.05, 3.63) is 30.6 Å². The van der Waals surface area contributed by atoms with Crippen molar-refractivity contribution in [1.82, 2.24) is 9.97 Å². The lowest BCUT2D eigenvalue weighted by molar-refractivity contribution is 0.179. The molecule has 0 radical (unpaired) electrons. The van der Waals surface area contributed by atoms with Crippen LogP contribution in [0.2, 0.25) is 0 Å². The molecule has 4 nitrogen and oxygen atoms in total. The van der Waals surface area contributed by atoms with Crippen molar-refractivity contribution in [3.8, 4) is 0 Å². The monoisotopic (exact) mass is 243 g/mol. The molecule has 0 amide bonds. The summed E-state index contributed by atoms with van der Waals surface area (Å²) in [5, 5.41) is 3.54. The highest BCUT2D eigenvalue weighted by Crippen LogP contribution is 2.34. The maximum atomic E-state index is 5.27. The summed E-state index contributed by atoms with van der Waals surface area (Å²) < 4.78 is 5.27. The molecular weight excluding hydrogens is 226 g/mol. The Morgan fingerprint density at radius 3 is 2.78 bits per heavy atom. The first-order chi connectivity index (χ1) is 8.86. The van der Waals surface area contributed by atoms with Crippen molar-refractivity contribution in [2.24, 2.45) is 5.92 Å². The lowest BCUT2D eigenvalue weighted by Crippen LogP contribution is -2.27. The number of benzene rings is 1. The van der Waals surface area contributed by atoms with Gasteiger partial charge < -0.3 is 10.1 Å². The van der Waals surface area contributed by atoms with Crippen molar-refractivity contribution in [1.29, 1.82) is 0 Å². The number of ether oxygens (including phenoxy) is 1. The van der Waals surface area contributed by atoms with Crippen LogP contribution in [-0.4, -0.2) is 29.7 Å². The van der Waals surface area contributed by atoms with Crippen molar-refractivity contribution >= 4 is 16.7 Å². The minimum Gasteiger partial charge on any atom is -0.383 e. The van der Waals surface area contributed by atoms with Crippen LogP contribution in [0.15, 0.2) is 30.6 Å². The minimum atomic E-state index is 0.407. The molecule has 0 bridgehead atoms. The van der Waals surface area contributed by atoms with Crippen LogP contribution >= 0.6 is 0 Å².